The second-order valence-electron chi connectivity index (χ2n) is 8.74. The largest absolute Gasteiger partial charge is 0.377 e. The molecule has 1 aromatic carbocycles. The molecule has 166 valence electrons. The zero-order valence-corrected chi connectivity index (χ0v) is 21.6. The van der Waals surface area contributed by atoms with Gasteiger partial charge in [0, 0.05) is 38.9 Å². The van der Waals surface area contributed by atoms with Crippen LogP contribution < -0.4 is 10.6 Å². The van der Waals surface area contributed by atoms with Crippen molar-refractivity contribution in [1.82, 2.24) is 10.6 Å². The van der Waals surface area contributed by atoms with Gasteiger partial charge >= 0.3 is 0 Å². The maximum absolute atomic E-state index is 11.8. The quantitative estimate of drug-likeness (QED) is 0.342. The number of ether oxygens (including phenoxy) is 1. The number of hydrogen-bond acceptors (Lipinski definition) is 4. The summed E-state index contributed by atoms with van der Waals surface area (Å²) in [5, 5.41) is 6.74. The molecule has 0 aromatic heterocycles. The highest BCUT2D eigenvalue weighted by Gasteiger charge is 2.35. The van der Waals surface area contributed by atoms with Crippen LogP contribution in [0.2, 0.25) is 0 Å². The molecule has 0 bridgehead atoms. The lowest BCUT2D eigenvalue weighted by atomic mass is 9.78. The third-order valence-corrected chi connectivity index (χ3v) is 6.41. The monoisotopic (exact) mass is 537 g/mol. The Labute approximate surface area is 193 Å². The van der Waals surface area contributed by atoms with Crippen LogP contribution in [-0.4, -0.2) is 46.9 Å². The average Bonchev–Trinajstić information content (AvgIpc) is 2.60. The summed E-state index contributed by atoms with van der Waals surface area (Å²) in [5.74, 6) is 1.19. The minimum Gasteiger partial charge on any atom is -0.377 e. The van der Waals surface area contributed by atoms with Gasteiger partial charge in [-0.25, -0.2) is 8.42 Å². The molecule has 2 rings (SSSR count). The van der Waals surface area contributed by atoms with Crippen LogP contribution >= 0.6 is 24.0 Å². The second kappa shape index (κ2) is 10.9. The van der Waals surface area contributed by atoms with E-state index < -0.39 is 9.84 Å². The fraction of sp³-hybridized carbons (Fsp3) is 0.667. The van der Waals surface area contributed by atoms with Crippen LogP contribution in [0.1, 0.15) is 44.7 Å². The van der Waals surface area contributed by atoms with Crippen molar-refractivity contribution in [2.45, 2.75) is 58.1 Å². The maximum Gasteiger partial charge on any atom is 0.191 e. The topological polar surface area (TPSA) is 79.8 Å². The average molecular weight is 538 g/mol. The third kappa shape index (κ3) is 7.71. The highest BCUT2D eigenvalue weighted by molar-refractivity contribution is 14.0. The standard InChI is InChI=1S/C21H35N3O3S.HI/c1-15-12-16(9-10-18(15)28(6,25)26)13-23-20(22-5)24-14-17-8-7-11-27-19(17)21(2,3)4;/h9-10,12,17,19H,7-8,11,13-14H2,1-6H3,(H2,22,23,24);1H. The summed E-state index contributed by atoms with van der Waals surface area (Å²) < 4.78 is 29.6. The maximum atomic E-state index is 11.8. The number of benzene rings is 1. The number of guanidine groups is 1. The zero-order chi connectivity index (χ0) is 20.9. The Morgan fingerprint density at radius 2 is 1.97 bits per heavy atom. The second-order valence-corrected chi connectivity index (χ2v) is 10.7. The number of sulfone groups is 1. The summed E-state index contributed by atoms with van der Waals surface area (Å²) in [4.78, 5) is 4.69. The first-order valence-electron chi connectivity index (χ1n) is 9.88. The molecule has 0 aliphatic carbocycles. The zero-order valence-electron chi connectivity index (χ0n) is 18.4. The van der Waals surface area contributed by atoms with Crippen LogP contribution in [0.5, 0.6) is 0 Å². The van der Waals surface area contributed by atoms with E-state index in [2.05, 4.69) is 36.4 Å². The summed E-state index contributed by atoms with van der Waals surface area (Å²) in [5.41, 5.74) is 1.89. The van der Waals surface area contributed by atoms with Crippen LogP contribution in [-0.2, 0) is 21.1 Å². The Morgan fingerprint density at radius 1 is 1.28 bits per heavy atom. The normalized spacial score (nSPS) is 20.7. The lowest BCUT2D eigenvalue weighted by molar-refractivity contribution is -0.0835. The van der Waals surface area contributed by atoms with E-state index in [4.69, 9.17) is 4.74 Å². The smallest absolute Gasteiger partial charge is 0.191 e. The molecular weight excluding hydrogens is 501 g/mol. The minimum absolute atomic E-state index is 0. The number of nitrogens with zero attached hydrogens (tertiary/aromatic N) is 1. The van der Waals surface area contributed by atoms with Gasteiger partial charge in [-0.05, 0) is 42.4 Å². The van der Waals surface area contributed by atoms with Gasteiger partial charge in [-0.15, -0.1) is 24.0 Å². The molecule has 1 fully saturated rings. The molecule has 0 amide bonds. The summed E-state index contributed by atoms with van der Waals surface area (Å²) in [6.45, 7) is 10.7. The van der Waals surface area contributed by atoms with Gasteiger partial charge in [-0.1, -0.05) is 32.9 Å². The van der Waals surface area contributed by atoms with Crippen LogP contribution in [0.3, 0.4) is 0 Å². The third-order valence-electron chi connectivity index (χ3n) is 5.15. The van der Waals surface area contributed by atoms with Gasteiger partial charge in [0.05, 0.1) is 11.0 Å². The highest BCUT2D eigenvalue weighted by Crippen LogP contribution is 2.33. The molecule has 0 spiro atoms. The molecule has 0 radical (unpaired) electrons. The van der Waals surface area contributed by atoms with Gasteiger partial charge in [0.25, 0.3) is 0 Å². The molecule has 1 aliphatic heterocycles. The Hall–Kier alpha value is -0.870. The van der Waals surface area contributed by atoms with Crippen LogP contribution in [0.4, 0.5) is 0 Å². The molecule has 2 N–H and O–H groups in total. The van der Waals surface area contributed by atoms with Gasteiger partial charge in [-0.3, -0.25) is 4.99 Å². The van der Waals surface area contributed by atoms with E-state index in [0.717, 1.165) is 43.1 Å². The Kier molecular flexibility index (Phi) is 9.88. The van der Waals surface area contributed by atoms with E-state index in [-0.39, 0.29) is 35.5 Å². The van der Waals surface area contributed by atoms with Gasteiger partial charge in [0.15, 0.2) is 15.8 Å². The van der Waals surface area contributed by atoms with E-state index in [0.29, 0.717) is 17.4 Å². The van der Waals surface area contributed by atoms with Gasteiger partial charge < -0.3 is 15.4 Å². The molecule has 1 saturated heterocycles. The van der Waals surface area contributed by atoms with E-state index in [1.807, 2.05) is 19.1 Å². The molecule has 1 aromatic rings. The van der Waals surface area contributed by atoms with Gasteiger partial charge in [0.1, 0.15) is 0 Å². The van der Waals surface area contributed by atoms with E-state index in [9.17, 15) is 8.42 Å². The molecule has 8 heteroatoms. The van der Waals surface area contributed by atoms with Crippen molar-refractivity contribution < 1.29 is 13.2 Å². The van der Waals surface area contributed by atoms with Crippen molar-refractivity contribution in [3.8, 4) is 0 Å². The van der Waals surface area contributed by atoms with Crippen LogP contribution in [0.15, 0.2) is 28.1 Å². The molecule has 2 unspecified atom stereocenters. The summed E-state index contributed by atoms with van der Waals surface area (Å²) in [6.07, 6.45) is 3.71. The van der Waals surface area contributed by atoms with Crippen molar-refractivity contribution in [2.75, 3.05) is 26.5 Å². The van der Waals surface area contributed by atoms with Crippen molar-refractivity contribution in [1.29, 1.82) is 0 Å². The number of nitrogens with one attached hydrogen (secondary N) is 2. The lowest BCUT2D eigenvalue weighted by Gasteiger charge is -2.40. The summed E-state index contributed by atoms with van der Waals surface area (Å²) >= 11 is 0. The first-order chi connectivity index (χ1) is 13.0. The fourth-order valence-corrected chi connectivity index (χ4v) is 4.84. The Bertz CT molecular complexity index is 804. The first-order valence-corrected chi connectivity index (χ1v) is 11.8. The van der Waals surface area contributed by atoms with Gasteiger partial charge in [-0.2, -0.15) is 0 Å². The molecule has 6 nitrogen and oxygen atoms in total. The number of hydrogen-bond donors (Lipinski definition) is 2. The predicted octanol–water partition coefficient (Wildman–Crippen LogP) is 3.52. The SMILES string of the molecule is CN=C(NCc1ccc(S(C)(=O)=O)c(C)c1)NCC1CCCOC1C(C)(C)C.I. The minimum atomic E-state index is -3.19. The Balaban J connectivity index is 0.00000420. The molecule has 2 atom stereocenters. The predicted molar refractivity (Wildman–Crippen MR) is 130 cm³/mol. The van der Waals surface area contributed by atoms with E-state index in [1.165, 1.54) is 6.26 Å². The van der Waals surface area contributed by atoms with Crippen molar-refractivity contribution >= 4 is 39.8 Å². The van der Waals surface area contributed by atoms with Crippen molar-refractivity contribution in [2.24, 2.45) is 16.3 Å². The molecule has 0 saturated carbocycles. The molecule has 1 aliphatic rings. The first kappa shape index (κ1) is 26.2. The van der Waals surface area contributed by atoms with E-state index >= 15 is 0 Å². The number of rotatable bonds is 5. The number of aliphatic imine (C=N–C) groups is 1. The number of halogens is 1. The molecular formula is C21H36IN3O3S. The lowest BCUT2D eigenvalue weighted by Crippen LogP contribution is -2.47. The van der Waals surface area contributed by atoms with Crippen molar-refractivity contribution in [3.63, 3.8) is 0 Å². The summed E-state index contributed by atoms with van der Waals surface area (Å²) in [6, 6.07) is 5.42. The van der Waals surface area contributed by atoms with E-state index in [1.54, 1.807) is 13.1 Å². The van der Waals surface area contributed by atoms with Gasteiger partial charge in [0.2, 0.25) is 0 Å². The summed E-state index contributed by atoms with van der Waals surface area (Å²) in [7, 11) is -1.44. The Morgan fingerprint density at radius 3 is 2.52 bits per heavy atom. The van der Waals surface area contributed by atoms with Crippen LogP contribution in [0, 0.1) is 18.3 Å². The highest BCUT2D eigenvalue weighted by atomic mass is 127. The molecule has 1 heterocycles. The van der Waals surface area contributed by atoms with Crippen LogP contribution in [0.25, 0.3) is 0 Å². The fourth-order valence-electron chi connectivity index (χ4n) is 3.88. The molecule has 29 heavy (non-hydrogen) atoms. The number of aryl methyl sites for hydroxylation is 1. The van der Waals surface area contributed by atoms with Crippen molar-refractivity contribution in [3.05, 3.63) is 29.3 Å².